The van der Waals surface area contributed by atoms with Crippen LogP contribution in [0, 0.1) is 11.6 Å². The predicted octanol–water partition coefficient (Wildman–Crippen LogP) is 4.54. The van der Waals surface area contributed by atoms with Gasteiger partial charge in [-0.05, 0) is 19.1 Å². The fourth-order valence-corrected chi connectivity index (χ4v) is 2.05. The van der Waals surface area contributed by atoms with E-state index in [4.69, 9.17) is 25.8 Å². The number of nitrogens with one attached hydrogen (secondary N) is 1. The van der Waals surface area contributed by atoms with Crippen LogP contribution in [0.2, 0.25) is 5.02 Å². The van der Waals surface area contributed by atoms with Crippen LogP contribution in [0.5, 0.6) is 17.2 Å². The first-order valence-electron chi connectivity index (χ1n) is 7.45. The Labute approximate surface area is 148 Å². The maximum atomic E-state index is 13.2. The lowest BCUT2D eigenvalue weighted by atomic mass is 10.3. The van der Waals surface area contributed by atoms with Gasteiger partial charge in [-0.3, -0.25) is 0 Å². The van der Waals surface area contributed by atoms with Gasteiger partial charge >= 0.3 is 6.09 Å². The second kappa shape index (κ2) is 9.08. The molecule has 0 aliphatic heterocycles. The maximum absolute atomic E-state index is 13.2. The fourth-order valence-electron chi connectivity index (χ4n) is 1.88. The Kier molecular flexibility index (Phi) is 6.82. The van der Waals surface area contributed by atoms with Crippen molar-refractivity contribution in [2.75, 3.05) is 19.8 Å². The number of carbonyl (C=O) groups excluding carboxylic acids is 1. The number of rotatable bonds is 7. The predicted molar refractivity (Wildman–Crippen MR) is 88.4 cm³/mol. The molecule has 0 spiro atoms. The summed E-state index contributed by atoms with van der Waals surface area (Å²) in [4.78, 5) is 11.1. The van der Waals surface area contributed by atoms with Crippen LogP contribution in [0.3, 0.4) is 0 Å². The Morgan fingerprint density at radius 3 is 2.52 bits per heavy atom. The second-order valence-corrected chi connectivity index (χ2v) is 5.20. The maximum Gasteiger partial charge on any atom is 0.407 e. The van der Waals surface area contributed by atoms with Gasteiger partial charge in [-0.2, -0.15) is 0 Å². The van der Waals surface area contributed by atoms with Gasteiger partial charge in [-0.15, -0.1) is 0 Å². The number of hydrogen-bond donors (Lipinski definition) is 1. The van der Waals surface area contributed by atoms with Crippen LogP contribution in [-0.4, -0.2) is 25.9 Å². The molecule has 2 rings (SSSR count). The molecule has 2 aromatic carbocycles. The van der Waals surface area contributed by atoms with Crippen molar-refractivity contribution in [1.82, 2.24) is 5.32 Å². The molecule has 134 valence electrons. The number of hydrogen-bond acceptors (Lipinski definition) is 4. The third kappa shape index (κ3) is 6.11. The van der Waals surface area contributed by atoms with E-state index in [2.05, 4.69) is 5.32 Å². The number of ether oxygens (including phenoxy) is 3. The van der Waals surface area contributed by atoms with Crippen LogP contribution < -0.4 is 14.8 Å². The molecular weight excluding hydrogens is 356 g/mol. The zero-order valence-electron chi connectivity index (χ0n) is 13.4. The summed E-state index contributed by atoms with van der Waals surface area (Å²) in [6, 6.07) is 7.41. The smallest absolute Gasteiger partial charge is 0.407 e. The van der Waals surface area contributed by atoms with Crippen molar-refractivity contribution in [2.45, 2.75) is 6.92 Å². The van der Waals surface area contributed by atoms with Crippen LogP contribution in [0.15, 0.2) is 36.4 Å². The molecule has 0 saturated carbocycles. The van der Waals surface area contributed by atoms with Crippen molar-refractivity contribution in [3.05, 3.63) is 53.1 Å². The SMILES string of the molecule is CCOC(=O)NCCOc1cc(Oc2cc(F)cc(F)c2)ccc1Cl. The van der Waals surface area contributed by atoms with Gasteiger partial charge < -0.3 is 19.5 Å². The Bertz CT molecular complexity index is 722. The van der Waals surface area contributed by atoms with Gasteiger partial charge in [0.2, 0.25) is 0 Å². The standard InChI is InChI=1S/C17H16ClF2NO4/c1-2-23-17(22)21-5-6-24-16-10-13(3-4-15(16)18)25-14-8-11(19)7-12(20)9-14/h3-4,7-10H,2,5-6H2,1H3,(H,21,22). The fraction of sp³-hybridized carbons (Fsp3) is 0.235. The number of carbonyl (C=O) groups is 1. The largest absolute Gasteiger partial charge is 0.490 e. The minimum Gasteiger partial charge on any atom is -0.490 e. The number of halogens is 3. The van der Waals surface area contributed by atoms with Gasteiger partial charge in [0.25, 0.3) is 0 Å². The molecule has 0 bridgehead atoms. The highest BCUT2D eigenvalue weighted by molar-refractivity contribution is 6.32. The van der Waals surface area contributed by atoms with Crippen LogP contribution in [-0.2, 0) is 4.74 Å². The third-order valence-electron chi connectivity index (χ3n) is 2.88. The lowest BCUT2D eigenvalue weighted by Gasteiger charge is -2.11. The van der Waals surface area contributed by atoms with E-state index >= 15 is 0 Å². The minimum absolute atomic E-state index is 0.00903. The Morgan fingerprint density at radius 1 is 1.12 bits per heavy atom. The molecular formula is C17H16ClF2NO4. The van der Waals surface area contributed by atoms with E-state index in [0.29, 0.717) is 16.5 Å². The number of amides is 1. The molecule has 1 N–H and O–H groups in total. The summed E-state index contributed by atoms with van der Waals surface area (Å²) in [5, 5.41) is 2.82. The zero-order chi connectivity index (χ0) is 18.2. The molecule has 5 nitrogen and oxygen atoms in total. The Balaban J connectivity index is 1.96. The van der Waals surface area contributed by atoms with Gasteiger partial charge in [0.15, 0.2) is 0 Å². The molecule has 0 heterocycles. The lowest BCUT2D eigenvalue weighted by molar-refractivity contribution is 0.150. The highest BCUT2D eigenvalue weighted by atomic mass is 35.5. The van der Waals surface area contributed by atoms with Crippen molar-refractivity contribution >= 4 is 17.7 Å². The monoisotopic (exact) mass is 371 g/mol. The van der Waals surface area contributed by atoms with E-state index in [9.17, 15) is 13.6 Å². The average Bonchev–Trinajstić information content (AvgIpc) is 2.53. The van der Waals surface area contributed by atoms with Crippen molar-refractivity contribution < 1.29 is 27.8 Å². The van der Waals surface area contributed by atoms with Crippen molar-refractivity contribution in [3.63, 3.8) is 0 Å². The molecule has 0 aromatic heterocycles. The van der Waals surface area contributed by atoms with Gasteiger partial charge in [0.1, 0.15) is 35.5 Å². The summed E-state index contributed by atoms with van der Waals surface area (Å²) < 4.78 is 42.0. The zero-order valence-corrected chi connectivity index (χ0v) is 14.1. The quantitative estimate of drug-likeness (QED) is 0.726. The minimum atomic E-state index is -0.745. The van der Waals surface area contributed by atoms with Crippen LogP contribution in [0.4, 0.5) is 13.6 Å². The Hall–Kier alpha value is -2.54. The molecule has 0 atom stereocenters. The molecule has 8 heteroatoms. The molecule has 0 aliphatic carbocycles. The topological polar surface area (TPSA) is 56.8 Å². The van der Waals surface area contributed by atoms with Crippen LogP contribution in [0.1, 0.15) is 6.92 Å². The van der Waals surface area contributed by atoms with Gasteiger partial charge in [-0.25, -0.2) is 13.6 Å². The Morgan fingerprint density at radius 2 is 1.84 bits per heavy atom. The average molecular weight is 372 g/mol. The molecule has 0 saturated heterocycles. The van der Waals surface area contributed by atoms with Gasteiger partial charge in [0, 0.05) is 24.3 Å². The summed E-state index contributed by atoms with van der Waals surface area (Å²) >= 11 is 6.03. The summed E-state index contributed by atoms with van der Waals surface area (Å²) in [5.74, 6) is -0.879. The molecule has 0 fully saturated rings. The van der Waals surface area contributed by atoms with E-state index < -0.39 is 17.7 Å². The van der Waals surface area contributed by atoms with Crippen molar-refractivity contribution in [3.8, 4) is 17.2 Å². The highest BCUT2D eigenvalue weighted by Crippen LogP contribution is 2.32. The number of alkyl carbamates (subject to hydrolysis) is 1. The van der Waals surface area contributed by atoms with E-state index in [1.807, 2.05) is 0 Å². The number of benzene rings is 2. The normalized spacial score (nSPS) is 10.2. The summed E-state index contributed by atoms with van der Waals surface area (Å²) in [5.41, 5.74) is 0. The van der Waals surface area contributed by atoms with E-state index in [0.717, 1.165) is 18.2 Å². The molecule has 0 unspecified atom stereocenters. The summed E-state index contributed by atoms with van der Waals surface area (Å²) in [7, 11) is 0. The van der Waals surface area contributed by atoms with Crippen molar-refractivity contribution in [2.24, 2.45) is 0 Å². The molecule has 25 heavy (non-hydrogen) atoms. The van der Waals surface area contributed by atoms with E-state index in [1.54, 1.807) is 6.92 Å². The summed E-state index contributed by atoms with van der Waals surface area (Å²) in [6.07, 6.45) is -0.539. The van der Waals surface area contributed by atoms with Gasteiger partial charge in [-0.1, -0.05) is 11.6 Å². The van der Waals surface area contributed by atoms with Gasteiger partial charge in [0.05, 0.1) is 18.2 Å². The first-order valence-corrected chi connectivity index (χ1v) is 7.82. The third-order valence-corrected chi connectivity index (χ3v) is 3.19. The van der Waals surface area contributed by atoms with Crippen LogP contribution >= 0.6 is 11.6 Å². The summed E-state index contributed by atoms with van der Waals surface area (Å²) in [6.45, 7) is 2.34. The van der Waals surface area contributed by atoms with E-state index in [-0.39, 0.29) is 25.5 Å². The highest BCUT2D eigenvalue weighted by Gasteiger charge is 2.08. The molecule has 1 amide bonds. The lowest BCUT2D eigenvalue weighted by Crippen LogP contribution is -2.28. The second-order valence-electron chi connectivity index (χ2n) is 4.80. The molecule has 0 radical (unpaired) electrons. The van der Waals surface area contributed by atoms with Crippen LogP contribution in [0.25, 0.3) is 0 Å². The van der Waals surface area contributed by atoms with E-state index in [1.165, 1.54) is 18.2 Å². The first kappa shape index (κ1) is 18.8. The van der Waals surface area contributed by atoms with Crippen molar-refractivity contribution in [1.29, 1.82) is 0 Å². The first-order chi connectivity index (χ1) is 12.0. The molecule has 0 aliphatic rings. The molecule has 2 aromatic rings.